The van der Waals surface area contributed by atoms with Crippen LogP contribution in [0.15, 0.2) is 23.0 Å². The second kappa shape index (κ2) is 5.56. The van der Waals surface area contributed by atoms with Crippen molar-refractivity contribution in [2.24, 2.45) is 0 Å². The zero-order valence-electron chi connectivity index (χ0n) is 8.40. The molecule has 0 fully saturated rings. The minimum Gasteiger partial charge on any atom is -0.410 e. The summed E-state index contributed by atoms with van der Waals surface area (Å²) >= 11 is 5.31. The maximum Gasteiger partial charge on any atom is 0.283 e. The van der Waals surface area contributed by atoms with E-state index in [2.05, 4.69) is 0 Å². The molecule has 0 spiro atoms. The van der Waals surface area contributed by atoms with E-state index in [1.807, 2.05) is 6.92 Å². The summed E-state index contributed by atoms with van der Waals surface area (Å²) in [5.41, 5.74) is -0.335. The highest BCUT2D eigenvalue weighted by atomic mass is 35.5. The Morgan fingerprint density at radius 2 is 2.27 bits per heavy atom. The summed E-state index contributed by atoms with van der Waals surface area (Å²) in [6.07, 6.45) is 1.77. The molecule has 0 saturated heterocycles. The molecule has 0 saturated carbocycles. The number of halogens is 1. The van der Waals surface area contributed by atoms with E-state index in [1.165, 1.54) is 18.2 Å². The molecule has 0 unspecified atom stereocenters. The van der Waals surface area contributed by atoms with Crippen molar-refractivity contribution in [2.75, 3.05) is 6.61 Å². The third-order valence-corrected chi connectivity index (χ3v) is 2.03. The first-order valence-corrected chi connectivity index (χ1v) is 5.09. The van der Waals surface area contributed by atoms with Gasteiger partial charge in [0.15, 0.2) is 0 Å². The van der Waals surface area contributed by atoms with Crippen molar-refractivity contribution in [1.82, 2.24) is 4.73 Å². The Balaban J connectivity index is 2.93. The van der Waals surface area contributed by atoms with Crippen molar-refractivity contribution in [3.05, 3.63) is 34.2 Å². The Bertz CT molecular complexity index is 400. The van der Waals surface area contributed by atoms with E-state index in [1.54, 1.807) is 0 Å². The molecule has 4 nitrogen and oxygen atoms in total. The highest BCUT2D eigenvalue weighted by Gasteiger charge is 2.10. The lowest BCUT2D eigenvalue weighted by Crippen LogP contribution is -2.30. The van der Waals surface area contributed by atoms with Gasteiger partial charge in [-0.05, 0) is 24.1 Å². The number of carbonyl (C=O) groups excluding carboxylic acids is 1. The fraction of sp³-hybridized carbons (Fsp3) is 0.400. The lowest BCUT2D eigenvalue weighted by molar-refractivity contribution is 0.0841. The fourth-order valence-corrected chi connectivity index (χ4v) is 1.19. The number of carbonyl (C=O) groups is 1. The van der Waals surface area contributed by atoms with E-state index in [-0.39, 0.29) is 5.69 Å². The smallest absolute Gasteiger partial charge is 0.283 e. The van der Waals surface area contributed by atoms with Gasteiger partial charge in [-0.15, -0.1) is 4.73 Å². The molecule has 0 bridgehead atoms. The van der Waals surface area contributed by atoms with E-state index in [4.69, 9.17) is 16.4 Å². The van der Waals surface area contributed by atoms with Crippen LogP contribution in [0.4, 0.5) is 0 Å². The van der Waals surface area contributed by atoms with Crippen molar-refractivity contribution in [1.29, 1.82) is 0 Å². The van der Waals surface area contributed by atoms with Gasteiger partial charge >= 0.3 is 0 Å². The SMILES string of the molecule is CCCCOn1c(C(=O)Cl)cccc1=O. The molecule has 5 heteroatoms. The van der Waals surface area contributed by atoms with Gasteiger partial charge in [0.25, 0.3) is 10.8 Å². The van der Waals surface area contributed by atoms with Crippen LogP contribution in [0.25, 0.3) is 0 Å². The van der Waals surface area contributed by atoms with E-state index in [0.717, 1.165) is 17.6 Å². The van der Waals surface area contributed by atoms with Crippen molar-refractivity contribution in [2.45, 2.75) is 19.8 Å². The third-order valence-electron chi connectivity index (χ3n) is 1.83. The molecule has 1 aromatic heterocycles. The van der Waals surface area contributed by atoms with E-state index in [9.17, 15) is 9.59 Å². The molecule has 1 aromatic rings. The van der Waals surface area contributed by atoms with Crippen molar-refractivity contribution >= 4 is 16.8 Å². The molecule has 0 aliphatic rings. The Morgan fingerprint density at radius 1 is 1.53 bits per heavy atom. The number of hydrogen-bond acceptors (Lipinski definition) is 3. The average Bonchev–Trinajstić information content (AvgIpc) is 2.20. The van der Waals surface area contributed by atoms with Crippen molar-refractivity contribution in [3.63, 3.8) is 0 Å². The summed E-state index contributed by atoms with van der Waals surface area (Å²) < 4.78 is 0.936. The minimum atomic E-state index is -0.704. The van der Waals surface area contributed by atoms with Crippen molar-refractivity contribution < 1.29 is 9.63 Å². The first-order chi connectivity index (χ1) is 7.16. The summed E-state index contributed by atoms with van der Waals surface area (Å²) in [7, 11) is 0. The van der Waals surface area contributed by atoms with Gasteiger partial charge in [0.1, 0.15) is 12.3 Å². The highest BCUT2D eigenvalue weighted by molar-refractivity contribution is 6.67. The molecule has 1 heterocycles. The third kappa shape index (κ3) is 3.09. The molecule has 0 amide bonds. The molecule has 0 atom stereocenters. The monoisotopic (exact) mass is 229 g/mol. The van der Waals surface area contributed by atoms with Crippen LogP contribution in [0.2, 0.25) is 0 Å². The molecule has 0 N–H and O–H groups in total. The molecule has 0 radical (unpaired) electrons. The zero-order valence-corrected chi connectivity index (χ0v) is 9.16. The second-order valence-electron chi connectivity index (χ2n) is 3.00. The minimum absolute atomic E-state index is 0.0558. The molecule has 82 valence electrons. The van der Waals surface area contributed by atoms with E-state index in [0.29, 0.717) is 6.61 Å². The Morgan fingerprint density at radius 3 is 2.87 bits per heavy atom. The van der Waals surface area contributed by atoms with Gasteiger partial charge in [0.2, 0.25) is 0 Å². The second-order valence-corrected chi connectivity index (χ2v) is 3.35. The summed E-state index contributed by atoms with van der Waals surface area (Å²) in [6.45, 7) is 2.39. The van der Waals surface area contributed by atoms with Crippen LogP contribution in [-0.4, -0.2) is 16.6 Å². The molecule has 0 aromatic carbocycles. The fourth-order valence-electron chi connectivity index (χ4n) is 1.05. The molecule has 0 aliphatic carbocycles. The Hall–Kier alpha value is -1.29. The van der Waals surface area contributed by atoms with E-state index >= 15 is 0 Å². The first-order valence-electron chi connectivity index (χ1n) is 4.72. The lowest BCUT2D eigenvalue weighted by Gasteiger charge is -2.10. The summed E-state index contributed by atoms with van der Waals surface area (Å²) in [4.78, 5) is 27.5. The van der Waals surface area contributed by atoms with Crippen LogP contribution in [0.5, 0.6) is 0 Å². The predicted molar refractivity (Wildman–Crippen MR) is 57.2 cm³/mol. The molecule has 0 aliphatic heterocycles. The largest absolute Gasteiger partial charge is 0.410 e. The number of unbranched alkanes of at least 4 members (excludes halogenated alkanes) is 1. The van der Waals surface area contributed by atoms with Gasteiger partial charge in [0.05, 0.1) is 0 Å². The summed E-state index contributed by atoms with van der Waals surface area (Å²) in [5, 5.41) is -0.704. The van der Waals surface area contributed by atoms with Crippen LogP contribution < -0.4 is 10.4 Å². The van der Waals surface area contributed by atoms with Crippen LogP contribution in [0.1, 0.15) is 30.3 Å². The summed E-state index contributed by atoms with van der Waals surface area (Å²) in [5.74, 6) is 0. The number of pyridine rings is 1. The van der Waals surface area contributed by atoms with Gasteiger partial charge in [-0.25, -0.2) is 0 Å². The Labute approximate surface area is 92.4 Å². The number of aromatic nitrogens is 1. The van der Waals surface area contributed by atoms with Gasteiger partial charge < -0.3 is 4.84 Å². The topological polar surface area (TPSA) is 48.3 Å². The normalized spacial score (nSPS) is 10.0. The molecule has 15 heavy (non-hydrogen) atoms. The maximum atomic E-state index is 11.4. The predicted octanol–water partition coefficient (Wildman–Crippen LogP) is 1.46. The molecular weight excluding hydrogens is 218 g/mol. The quantitative estimate of drug-likeness (QED) is 0.567. The standard InChI is InChI=1S/C10H12ClNO3/c1-2-3-7-15-12-8(10(11)14)5-4-6-9(12)13/h4-6H,2-3,7H2,1H3. The van der Waals surface area contributed by atoms with Crippen LogP contribution in [-0.2, 0) is 0 Å². The number of rotatable bonds is 5. The van der Waals surface area contributed by atoms with Gasteiger partial charge in [-0.1, -0.05) is 19.4 Å². The van der Waals surface area contributed by atoms with E-state index < -0.39 is 10.8 Å². The van der Waals surface area contributed by atoms with Crippen LogP contribution in [0, 0.1) is 0 Å². The molecule has 1 rings (SSSR count). The average molecular weight is 230 g/mol. The summed E-state index contributed by atoms with van der Waals surface area (Å²) in [6, 6.07) is 4.23. The first kappa shape index (κ1) is 11.8. The number of hydrogen-bond donors (Lipinski definition) is 0. The van der Waals surface area contributed by atoms with Crippen molar-refractivity contribution in [3.8, 4) is 0 Å². The van der Waals surface area contributed by atoms with Gasteiger partial charge in [0, 0.05) is 6.07 Å². The zero-order chi connectivity index (χ0) is 11.3. The number of nitrogens with zero attached hydrogens (tertiary/aromatic N) is 1. The maximum absolute atomic E-state index is 11.4. The van der Waals surface area contributed by atoms with Gasteiger partial charge in [-0.3, -0.25) is 9.59 Å². The van der Waals surface area contributed by atoms with Crippen LogP contribution >= 0.6 is 11.6 Å². The lowest BCUT2D eigenvalue weighted by atomic mass is 10.4. The van der Waals surface area contributed by atoms with Gasteiger partial charge in [-0.2, -0.15) is 0 Å². The Kier molecular flexibility index (Phi) is 4.37. The molecular formula is C10H12ClNO3. The van der Waals surface area contributed by atoms with Crippen LogP contribution in [0.3, 0.4) is 0 Å². The highest BCUT2D eigenvalue weighted by Crippen LogP contribution is 2.00.